The minimum Gasteiger partial charge on any atom is -0.460 e. The molecule has 25 heteroatoms. The number of carbonyl (C=O) groups excluding carboxylic acids is 2. The molecule has 0 spiro atoms. The van der Waals surface area contributed by atoms with Crippen LogP contribution in [0.5, 0.6) is 0 Å². The minimum atomic E-state index is -2.02. The number of ether oxygens (including phenoxy) is 9. The normalized spacial score (nSPS) is 48.6. The average Bonchev–Trinajstić information content (AvgIpc) is 3.41. The summed E-state index contributed by atoms with van der Waals surface area (Å²) in [5.41, 5.74) is 0. The van der Waals surface area contributed by atoms with E-state index in [0.29, 0.717) is 64.2 Å². The third-order valence-electron chi connectivity index (χ3n) is 16.9. The number of allylic oxidation sites excluding steroid dienone is 2. The number of hydrogen-bond donors (Lipinski definition) is 14. The average molecular weight is 1090 g/mol. The highest BCUT2D eigenvalue weighted by Crippen LogP contribution is 2.44. The summed E-state index contributed by atoms with van der Waals surface area (Å²) < 4.78 is 53.3. The molecule has 8 aliphatic rings. The van der Waals surface area contributed by atoms with Gasteiger partial charge in [-0.05, 0) is 88.9 Å². The summed E-state index contributed by atoms with van der Waals surface area (Å²) in [6.45, 7) is -1.98. The van der Waals surface area contributed by atoms with E-state index in [4.69, 9.17) is 42.6 Å². The van der Waals surface area contributed by atoms with Crippen molar-refractivity contribution < 1.29 is 124 Å². The zero-order valence-electron chi connectivity index (χ0n) is 42.3. The SMILES string of the molecule is O=C(C=CC1CCC(O)C(O)C1)OC[C@@H]1O[C@@H](O[C@@H]2[C@H](OC3CC4C(O[C@@H]5O[C@@H](CO)[C@H](O)[C@H](O)[C@H]5O)CC(O)CC4[OH+]C3C3CCC(O)CC3)O[C@@H](COC(=O)C=CC3CCC(O)CC3)[C@@H](O)[C@@H]2O)[C@@H](O)[C@H](O)[C@H]1O. The van der Waals surface area contributed by atoms with Crippen LogP contribution in [0, 0.1) is 23.7 Å². The minimum absolute atomic E-state index is 0.00733. The molecule has 0 aromatic rings. The quantitative estimate of drug-likeness (QED) is 0.0393. The van der Waals surface area contributed by atoms with Gasteiger partial charge in [-0.2, -0.15) is 0 Å². The fraction of sp³-hybridized carbons (Fsp3) is 0.882. The Labute approximate surface area is 439 Å². The summed E-state index contributed by atoms with van der Waals surface area (Å²) >= 11 is 0. The summed E-state index contributed by atoms with van der Waals surface area (Å²) in [4.78, 5) is 25.8. The van der Waals surface area contributed by atoms with Gasteiger partial charge in [0.1, 0.15) is 92.6 Å². The molecule has 4 saturated heterocycles. The summed E-state index contributed by atoms with van der Waals surface area (Å²) in [7, 11) is 0. The molecule has 0 aromatic carbocycles. The lowest BCUT2D eigenvalue weighted by Gasteiger charge is -2.50. The van der Waals surface area contributed by atoms with Gasteiger partial charge < -0.3 is 114 Å². The van der Waals surface area contributed by atoms with Crippen LogP contribution in [0.2, 0.25) is 0 Å². The summed E-state index contributed by atoms with van der Waals surface area (Å²) in [6.07, 6.45) is -21.6. The van der Waals surface area contributed by atoms with Crippen LogP contribution in [0.3, 0.4) is 0 Å². The van der Waals surface area contributed by atoms with E-state index in [1.54, 1.807) is 6.08 Å². The van der Waals surface area contributed by atoms with E-state index in [1.165, 1.54) is 12.2 Å². The Bertz CT molecular complexity index is 1900. The first-order chi connectivity index (χ1) is 36.3. The van der Waals surface area contributed by atoms with Crippen molar-refractivity contribution in [2.75, 3.05) is 19.8 Å². The molecular formula is C51H81O25+. The van der Waals surface area contributed by atoms with E-state index >= 15 is 0 Å². The highest BCUT2D eigenvalue weighted by atomic mass is 16.8. The lowest BCUT2D eigenvalue weighted by molar-refractivity contribution is -0.389. The highest BCUT2D eigenvalue weighted by molar-refractivity contribution is 5.82. The number of hydrogen-bond acceptors (Lipinski definition) is 24. The Kier molecular flexibility index (Phi) is 21.1. The molecule has 0 amide bonds. The molecular weight excluding hydrogens is 1010 g/mol. The van der Waals surface area contributed by atoms with Gasteiger partial charge in [-0.1, -0.05) is 12.2 Å². The number of aliphatic hydroxyl groups excluding tert-OH is 14. The van der Waals surface area contributed by atoms with Crippen LogP contribution in [0.1, 0.15) is 89.9 Å². The van der Waals surface area contributed by atoms with E-state index < -0.39 is 185 Å². The monoisotopic (exact) mass is 1090 g/mol. The second kappa shape index (κ2) is 26.9. The molecule has 76 heavy (non-hydrogen) atoms. The van der Waals surface area contributed by atoms with Gasteiger partial charge in [0, 0.05) is 30.9 Å². The van der Waals surface area contributed by atoms with E-state index in [2.05, 4.69) is 0 Å². The van der Waals surface area contributed by atoms with E-state index in [1.807, 2.05) is 0 Å². The lowest BCUT2D eigenvalue weighted by Crippen LogP contribution is -2.66. The largest absolute Gasteiger partial charge is 0.460 e. The van der Waals surface area contributed by atoms with Crippen molar-refractivity contribution >= 4 is 11.9 Å². The van der Waals surface area contributed by atoms with Gasteiger partial charge in [0.2, 0.25) is 0 Å². The van der Waals surface area contributed by atoms with Crippen LogP contribution in [0.25, 0.3) is 0 Å². The van der Waals surface area contributed by atoms with Crippen LogP contribution in [0.15, 0.2) is 24.3 Å². The summed E-state index contributed by atoms with van der Waals surface area (Å²) in [5.74, 6) is -2.65. The number of fused-ring (bicyclic) bond motifs is 1. The van der Waals surface area contributed by atoms with Crippen molar-refractivity contribution in [3.8, 4) is 0 Å². The molecule has 4 aliphatic carbocycles. The standard InChI is InChI=1S/C51H80O25/c52-19-34-39(60)42(63)45(66)49(73-34)71-32-17-27(55)16-31-28(32)18-33(47(70-31)24-6-10-26(54)11-7-24)72-51-48(44(65)41(62)36(75-51)21-69-37(58)13-4-22-1-8-25(53)9-2-22)76-50-46(67)43(64)40(61)35(74-50)20-68-38(59)14-5-23-3-12-29(56)30(57)15-23/h4-5,13-14,22-36,39-57,60-67H,1-3,6-12,15-21H2/p+1/t22?,23?,24?,25?,26?,27?,28?,29?,30?,31?,32?,33?,34-,35-,36-,39-,40-,41+,42-,43+,44-,45+,46-,47?,48-,49+,50-,51+/m0/s1. The predicted octanol–water partition coefficient (Wildman–Crippen LogP) is -4.54. The highest BCUT2D eigenvalue weighted by Gasteiger charge is 2.58. The van der Waals surface area contributed by atoms with Gasteiger partial charge in [0.25, 0.3) is 0 Å². The van der Waals surface area contributed by atoms with Crippen LogP contribution >= 0.6 is 0 Å². The molecule has 8 rings (SSSR count). The van der Waals surface area contributed by atoms with Crippen LogP contribution < -0.4 is 0 Å². The molecule has 0 bridgehead atoms. The van der Waals surface area contributed by atoms with Crippen molar-refractivity contribution in [3.63, 3.8) is 0 Å². The number of rotatable bonds is 16. The van der Waals surface area contributed by atoms with Gasteiger partial charge in [-0.25, -0.2) is 9.59 Å². The second-order valence-corrected chi connectivity index (χ2v) is 22.2. The maximum atomic E-state index is 13.0. The number of esters is 2. The van der Waals surface area contributed by atoms with E-state index in [-0.39, 0.29) is 43.4 Å². The zero-order valence-corrected chi connectivity index (χ0v) is 42.3. The fourth-order valence-electron chi connectivity index (χ4n) is 12.2. The van der Waals surface area contributed by atoms with E-state index in [9.17, 15) is 81.1 Å². The molecule has 4 aliphatic heterocycles. The fourth-order valence-corrected chi connectivity index (χ4v) is 12.2. The molecule has 15 N–H and O–H groups in total. The number of aliphatic hydroxyl groups is 16. The van der Waals surface area contributed by atoms with Crippen LogP contribution in [-0.2, 0) is 47.5 Å². The zero-order chi connectivity index (χ0) is 54.5. The van der Waals surface area contributed by atoms with Gasteiger partial charge in [0.15, 0.2) is 31.1 Å². The third-order valence-corrected chi connectivity index (χ3v) is 16.9. The maximum Gasteiger partial charge on any atom is 0.330 e. The first-order valence-corrected chi connectivity index (χ1v) is 27.1. The topological polar surface area (TPSA) is 404 Å². The Balaban J connectivity index is 1.03. The van der Waals surface area contributed by atoms with Gasteiger partial charge >= 0.3 is 11.9 Å². The molecule has 9 unspecified atom stereocenters. The van der Waals surface area contributed by atoms with Crippen molar-refractivity contribution in [3.05, 3.63) is 24.3 Å². The lowest BCUT2D eigenvalue weighted by atomic mass is 9.73. The first-order valence-electron chi connectivity index (χ1n) is 27.1. The Morgan fingerprint density at radius 2 is 0.987 bits per heavy atom. The van der Waals surface area contributed by atoms with Gasteiger partial charge in [0.05, 0.1) is 49.1 Å². The maximum absolute atomic E-state index is 13.0. The van der Waals surface area contributed by atoms with E-state index in [0.717, 1.165) is 6.08 Å². The summed E-state index contributed by atoms with van der Waals surface area (Å²) in [5, 5.41) is 150. The van der Waals surface area contributed by atoms with Crippen molar-refractivity contribution in [2.24, 2.45) is 23.7 Å². The molecule has 4 heterocycles. The van der Waals surface area contributed by atoms with Gasteiger partial charge in [-0.15, -0.1) is 0 Å². The van der Waals surface area contributed by atoms with Crippen LogP contribution in [-0.4, -0.2) is 255 Å². The smallest absolute Gasteiger partial charge is 0.330 e. The Morgan fingerprint density at radius 1 is 0.474 bits per heavy atom. The second-order valence-electron chi connectivity index (χ2n) is 22.2. The molecule has 24 atom stereocenters. The summed E-state index contributed by atoms with van der Waals surface area (Å²) in [6, 6.07) is 0. The molecule has 25 nitrogen and oxygen atoms in total. The van der Waals surface area contributed by atoms with Crippen LogP contribution in [0.4, 0.5) is 0 Å². The van der Waals surface area contributed by atoms with Crippen molar-refractivity contribution in [1.29, 1.82) is 0 Å². The molecule has 0 aromatic heterocycles. The third kappa shape index (κ3) is 14.5. The van der Waals surface area contributed by atoms with Gasteiger partial charge in [-0.3, -0.25) is 0 Å². The molecule has 4 saturated carbocycles. The molecule has 8 fully saturated rings. The van der Waals surface area contributed by atoms with Crippen molar-refractivity contribution in [2.45, 2.75) is 237 Å². The number of carbonyl (C=O) groups is 2. The molecule has 434 valence electrons. The van der Waals surface area contributed by atoms with Crippen molar-refractivity contribution in [1.82, 2.24) is 0 Å². The Hall–Kier alpha value is -2.42. The first kappa shape index (κ1) is 59.7. The Morgan fingerprint density at radius 3 is 1.59 bits per heavy atom. The molecule has 0 radical (unpaired) electrons. The predicted molar refractivity (Wildman–Crippen MR) is 254 cm³/mol.